The molecule has 2 rings (SSSR count). The van der Waals surface area contributed by atoms with Gasteiger partial charge in [-0.2, -0.15) is 0 Å². The van der Waals surface area contributed by atoms with E-state index < -0.39 is 0 Å². The predicted molar refractivity (Wildman–Crippen MR) is 71.1 cm³/mol. The molecule has 17 heavy (non-hydrogen) atoms. The maximum absolute atomic E-state index is 12.3. The molecule has 92 valence electrons. The summed E-state index contributed by atoms with van der Waals surface area (Å²) < 4.78 is 0. The van der Waals surface area contributed by atoms with E-state index in [1.165, 1.54) is 12.8 Å². The van der Waals surface area contributed by atoms with Crippen LogP contribution in [0.5, 0.6) is 0 Å². The number of Topliss-reactive ketones (excluding diaryl/α,β-unsaturated/α-hetero) is 1. The monoisotopic (exact) mass is 230 g/mol. The Bertz CT molecular complexity index is 358. The van der Waals surface area contributed by atoms with Crippen molar-refractivity contribution in [2.24, 2.45) is 17.8 Å². The number of carbonyl (C=O) groups excluding carboxylic acids is 1. The van der Waals surface area contributed by atoms with Crippen molar-refractivity contribution in [3.05, 3.63) is 35.9 Å². The minimum Gasteiger partial charge on any atom is -0.294 e. The molecule has 0 heterocycles. The predicted octanol–water partition coefficient (Wildman–Crippen LogP) is 4.33. The zero-order valence-corrected chi connectivity index (χ0v) is 10.9. The Labute approximate surface area is 104 Å². The number of rotatable bonds is 3. The molecule has 0 bridgehead atoms. The fourth-order valence-electron chi connectivity index (χ4n) is 2.89. The first-order valence-corrected chi connectivity index (χ1v) is 6.77. The van der Waals surface area contributed by atoms with Gasteiger partial charge in [-0.3, -0.25) is 4.79 Å². The molecular weight excluding hydrogens is 208 g/mol. The Balaban J connectivity index is 1.95. The van der Waals surface area contributed by atoms with E-state index in [4.69, 9.17) is 0 Å². The lowest BCUT2D eigenvalue weighted by Gasteiger charge is -2.30. The minimum absolute atomic E-state index is 0.271. The quantitative estimate of drug-likeness (QED) is 0.706. The number of ketones is 1. The maximum Gasteiger partial charge on any atom is 0.165 e. The van der Waals surface area contributed by atoms with Crippen LogP contribution in [0.4, 0.5) is 0 Å². The van der Waals surface area contributed by atoms with Crippen LogP contribution in [0, 0.1) is 17.8 Å². The second-order valence-corrected chi connectivity index (χ2v) is 5.59. The van der Waals surface area contributed by atoms with Crippen LogP contribution in [-0.4, -0.2) is 5.78 Å². The molecule has 1 aromatic rings. The number of hydrogen-bond acceptors (Lipinski definition) is 1. The highest BCUT2D eigenvalue weighted by Crippen LogP contribution is 2.34. The molecule has 0 spiro atoms. The smallest absolute Gasteiger partial charge is 0.165 e. The highest BCUT2D eigenvalue weighted by atomic mass is 16.1. The van der Waals surface area contributed by atoms with E-state index >= 15 is 0 Å². The molecule has 0 saturated heterocycles. The fourth-order valence-corrected chi connectivity index (χ4v) is 2.89. The van der Waals surface area contributed by atoms with Gasteiger partial charge in [0.05, 0.1) is 0 Å². The molecule has 1 heteroatoms. The second-order valence-electron chi connectivity index (χ2n) is 5.59. The lowest BCUT2D eigenvalue weighted by molar-refractivity contribution is 0.0859. The SMILES string of the molecule is CC(C)C1CCC(C(=O)c2ccccc2)CC1. The van der Waals surface area contributed by atoms with Crippen molar-refractivity contribution in [2.75, 3.05) is 0 Å². The summed E-state index contributed by atoms with van der Waals surface area (Å²) in [5.41, 5.74) is 0.889. The summed E-state index contributed by atoms with van der Waals surface area (Å²) in [6, 6.07) is 9.75. The summed E-state index contributed by atoms with van der Waals surface area (Å²) in [7, 11) is 0. The second kappa shape index (κ2) is 5.48. The minimum atomic E-state index is 0.271. The molecule has 1 saturated carbocycles. The zero-order chi connectivity index (χ0) is 12.3. The first kappa shape index (κ1) is 12.3. The topological polar surface area (TPSA) is 17.1 Å². The van der Waals surface area contributed by atoms with Crippen molar-refractivity contribution in [1.29, 1.82) is 0 Å². The van der Waals surface area contributed by atoms with Crippen molar-refractivity contribution in [1.82, 2.24) is 0 Å². The zero-order valence-electron chi connectivity index (χ0n) is 10.9. The van der Waals surface area contributed by atoms with E-state index in [1.807, 2.05) is 30.3 Å². The first-order valence-electron chi connectivity index (χ1n) is 6.77. The Hall–Kier alpha value is -1.11. The van der Waals surface area contributed by atoms with Crippen LogP contribution in [0.2, 0.25) is 0 Å². The van der Waals surface area contributed by atoms with Gasteiger partial charge in [-0.1, -0.05) is 44.2 Å². The summed E-state index contributed by atoms with van der Waals surface area (Å²) in [4.78, 5) is 12.3. The van der Waals surface area contributed by atoms with Crippen molar-refractivity contribution in [2.45, 2.75) is 39.5 Å². The van der Waals surface area contributed by atoms with Gasteiger partial charge in [-0.05, 0) is 37.5 Å². The Morgan fingerprint density at radius 3 is 2.18 bits per heavy atom. The maximum atomic E-state index is 12.3. The molecule has 0 N–H and O–H groups in total. The van der Waals surface area contributed by atoms with Gasteiger partial charge in [0.15, 0.2) is 5.78 Å². The van der Waals surface area contributed by atoms with Crippen molar-refractivity contribution in [3.8, 4) is 0 Å². The largest absolute Gasteiger partial charge is 0.294 e. The van der Waals surface area contributed by atoms with Crippen LogP contribution in [-0.2, 0) is 0 Å². The average molecular weight is 230 g/mol. The van der Waals surface area contributed by atoms with E-state index in [0.717, 1.165) is 30.2 Å². The molecule has 1 aliphatic carbocycles. The van der Waals surface area contributed by atoms with Gasteiger partial charge in [-0.25, -0.2) is 0 Å². The number of hydrogen-bond donors (Lipinski definition) is 0. The first-order chi connectivity index (χ1) is 8.18. The van der Waals surface area contributed by atoms with Gasteiger partial charge in [0.2, 0.25) is 0 Å². The van der Waals surface area contributed by atoms with Gasteiger partial charge in [0.1, 0.15) is 0 Å². The van der Waals surface area contributed by atoms with Crippen molar-refractivity contribution < 1.29 is 4.79 Å². The highest BCUT2D eigenvalue weighted by molar-refractivity contribution is 5.97. The van der Waals surface area contributed by atoms with E-state index in [0.29, 0.717) is 5.78 Å². The fraction of sp³-hybridized carbons (Fsp3) is 0.562. The third-order valence-corrected chi connectivity index (χ3v) is 4.14. The molecule has 1 nitrogen and oxygen atoms in total. The van der Waals surface area contributed by atoms with Crippen LogP contribution >= 0.6 is 0 Å². The summed E-state index contributed by atoms with van der Waals surface area (Å²) >= 11 is 0. The third-order valence-electron chi connectivity index (χ3n) is 4.14. The average Bonchev–Trinajstić information content (AvgIpc) is 2.39. The van der Waals surface area contributed by atoms with E-state index in [9.17, 15) is 4.79 Å². The molecular formula is C16H22O. The standard InChI is InChI=1S/C16H22O/c1-12(2)13-8-10-15(11-9-13)16(17)14-6-4-3-5-7-14/h3-7,12-13,15H,8-11H2,1-2H3. The van der Waals surface area contributed by atoms with Crippen molar-refractivity contribution >= 4 is 5.78 Å². The number of benzene rings is 1. The van der Waals surface area contributed by atoms with E-state index in [-0.39, 0.29) is 5.92 Å². The lowest BCUT2D eigenvalue weighted by atomic mass is 9.75. The van der Waals surface area contributed by atoms with Gasteiger partial charge in [0, 0.05) is 11.5 Å². The van der Waals surface area contributed by atoms with Gasteiger partial charge < -0.3 is 0 Å². The molecule has 0 unspecified atom stereocenters. The lowest BCUT2D eigenvalue weighted by Crippen LogP contribution is -2.24. The van der Waals surface area contributed by atoms with Crippen LogP contribution in [0.3, 0.4) is 0 Å². The van der Waals surface area contributed by atoms with Crippen molar-refractivity contribution in [3.63, 3.8) is 0 Å². The number of carbonyl (C=O) groups is 1. The highest BCUT2D eigenvalue weighted by Gasteiger charge is 2.27. The Morgan fingerprint density at radius 2 is 1.65 bits per heavy atom. The molecule has 0 atom stereocenters. The molecule has 1 aliphatic rings. The normalized spacial score (nSPS) is 24.9. The van der Waals surface area contributed by atoms with Crippen LogP contribution < -0.4 is 0 Å². The molecule has 0 aliphatic heterocycles. The molecule has 0 radical (unpaired) electrons. The van der Waals surface area contributed by atoms with E-state index in [1.54, 1.807) is 0 Å². The van der Waals surface area contributed by atoms with Gasteiger partial charge >= 0.3 is 0 Å². The Morgan fingerprint density at radius 1 is 1.06 bits per heavy atom. The summed E-state index contributed by atoms with van der Waals surface area (Å²) in [5, 5.41) is 0. The van der Waals surface area contributed by atoms with E-state index in [2.05, 4.69) is 13.8 Å². The van der Waals surface area contributed by atoms with Crippen LogP contribution in [0.1, 0.15) is 49.9 Å². The van der Waals surface area contributed by atoms with Crippen LogP contribution in [0.15, 0.2) is 30.3 Å². The van der Waals surface area contributed by atoms with Gasteiger partial charge in [0.25, 0.3) is 0 Å². The summed E-state index contributed by atoms with van der Waals surface area (Å²) in [6.45, 7) is 4.59. The third kappa shape index (κ3) is 2.96. The molecule has 0 aromatic heterocycles. The molecule has 0 amide bonds. The Kier molecular flexibility index (Phi) is 3.98. The van der Waals surface area contributed by atoms with Crippen LogP contribution in [0.25, 0.3) is 0 Å². The van der Waals surface area contributed by atoms with Gasteiger partial charge in [-0.15, -0.1) is 0 Å². The summed E-state index contributed by atoms with van der Waals surface area (Å²) in [5.74, 6) is 2.22. The summed E-state index contributed by atoms with van der Waals surface area (Å²) in [6.07, 6.45) is 4.61. The molecule has 1 aromatic carbocycles. The molecule has 1 fully saturated rings.